The number of carbonyl (C=O) groups excluding carboxylic acids is 1. The molecule has 3 aromatic rings. The minimum Gasteiger partial charge on any atom is -0.490 e. The molecular formula is C25H26ClN3O3. The van der Waals surface area contributed by atoms with Gasteiger partial charge in [0.1, 0.15) is 6.61 Å². The summed E-state index contributed by atoms with van der Waals surface area (Å²) in [5.41, 5.74) is 7.32. The molecule has 0 aliphatic rings. The Balaban J connectivity index is 1.62. The number of benzene rings is 3. The normalized spacial score (nSPS) is 10.8. The van der Waals surface area contributed by atoms with Gasteiger partial charge in [-0.15, -0.1) is 0 Å². The van der Waals surface area contributed by atoms with E-state index in [9.17, 15) is 4.79 Å². The van der Waals surface area contributed by atoms with Crippen molar-refractivity contribution in [1.29, 1.82) is 0 Å². The first kappa shape index (κ1) is 23.2. The van der Waals surface area contributed by atoms with Crippen molar-refractivity contribution in [3.8, 4) is 11.5 Å². The van der Waals surface area contributed by atoms with Crippen molar-refractivity contribution in [3.63, 3.8) is 0 Å². The van der Waals surface area contributed by atoms with E-state index in [0.29, 0.717) is 35.4 Å². The molecule has 0 aliphatic heterocycles. The Bertz CT molecular complexity index is 1100. The maximum absolute atomic E-state index is 12.0. The largest absolute Gasteiger partial charge is 0.490 e. The average molecular weight is 452 g/mol. The summed E-state index contributed by atoms with van der Waals surface area (Å²) in [5, 5.41) is 7.26. The molecule has 7 heteroatoms. The van der Waals surface area contributed by atoms with E-state index in [-0.39, 0.29) is 0 Å². The van der Waals surface area contributed by atoms with Gasteiger partial charge in [0.15, 0.2) is 11.5 Å². The number of nitrogens with zero attached hydrogens (tertiary/aromatic N) is 1. The Morgan fingerprint density at radius 3 is 2.53 bits per heavy atom. The van der Waals surface area contributed by atoms with E-state index in [1.165, 1.54) is 11.1 Å². The van der Waals surface area contributed by atoms with Crippen molar-refractivity contribution >= 4 is 29.5 Å². The Kier molecular flexibility index (Phi) is 8.11. The molecule has 0 atom stereocenters. The van der Waals surface area contributed by atoms with Gasteiger partial charge in [0.25, 0.3) is 0 Å². The number of hydrogen-bond acceptors (Lipinski definition) is 4. The van der Waals surface area contributed by atoms with Gasteiger partial charge < -0.3 is 14.8 Å². The van der Waals surface area contributed by atoms with Crippen LogP contribution in [-0.4, -0.2) is 18.9 Å². The van der Waals surface area contributed by atoms with Crippen LogP contribution in [-0.2, 0) is 6.61 Å². The van der Waals surface area contributed by atoms with Gasteiger partial charge in [-0.3, -0.25) is 0 Å². The first-order valence-electron chi connectivity index (χ1n) is 10.3. The maximum atomic E-state index is 12.0. The van der Waals surface area contributed by atoms with Gasteiger partial charge in [0.05, 0.1) is 12.8 Å². The topological polar surface area (TPSA) is 72.0 Å². The molecule has 3 rings (SSSR count). The number of hydrazone groups is 1. The highest BCUT2D eigenvalue weighted by molar-refractivity contribution is 6.30. The molecule has 0 aliphatic carbocycles. The van der Waals surface area contributed by atoms with Crippen LogP contribution in [0.2, 0.25) is 5.02 Å². The summed E-state index contributed by atoms with van der Waals surface area (Å²) >= 11 is 5.84. The summed E-state index contributed by atoms with van der Waals surface area (Å²) in [5.74, 6) is 1.27. The van der Waals surface area contributed by atoms with Crippen LogP contribution in [0.15, 0.2) is 65.8 Å². The number of anilines is 1. The second kappa shape index (κ2) is 11.2. The zero-order valence-electron chi connectivity index (χ0n) is 18.3. The van der Waals surface area contributed by atoms with E-state index in [0.717, 1.165) is 11.1 Å². The molecule has 3 aromatic carbocycles. The van der Waals surface area contributed by atoms with Crippen LogP contribution in [0.5, 0.6) is 11.5 Å². The summed E-state index contributed by atoms with van der Waals surface area (Å²) in [6, 6.07) is 18.2. The summed E-state index contributed by atoms with van der Waals surface area (Å²) in [6.45, 7) is 7.00. The van der Waals surface area contributed by atoms with Crippen LogP contribution in [0.25, 0.3) is 0 Å². The third-order valence-corrected chi connectivity index (χ3v) is 4.89. The Labute approximate surface area is 193 Å². The smallest absolute Gasteiger partial charge is 0.339 e. The van der Waals surface area contributed by atoms with E-state index < -0.39 is 6.03 Å². The fourth-order valence-corrected chi connectivity index (χ4v) is 3.09. The van der Waals surface area contributed by atoms with Crippen molar-refractivity contribution in [2.24, 2.45) is 5.10 Å². The zero-order valence-corrected chi connectivity index (χ0v) is 19.1. The number of halogens is 1. The van der Waals surface area contributed by atoms with E-state index in [4.69, 9.17) is 21.1 Å². The lowest BCUT2D eigenvalue weighted by atomic mass is 10.1. The minimum absolute atomic E-state index is 0.452. The Morgan fingerprint density at radius 2 is 1.78 bits per heavy atom. The third-order valence-electron chi connectivity index (χ3n) is 4.64. The van der Waals surface area contributed by atoms with Crippen molar-refractivity contribution in [1.82, 2.24) is 5.43 Å². The predicted molar refractivity (Wildman–Crippen MR) is 129 cm³/mol. The highest BCUT2D eigenvalue weighted by Gasteiger charge is 2.08. The molecule has 0 saturated carbocycles. The fraction of sp³-hybridized carbons (Fsp3) is 0.200. The number of aryl methyl sites for hydroxylation is 2. The second-order valence-electron chi connectivity index (χ2n) is 7.19. The zero-order chi connectivity index (χ0) is 22.9. The molecule has 0 heterocycles. The monoisotopic (exact) mass is 451 g/mol. The lowest BCUT2D eigenvalue weighted by molar-refractivity contribution is 0.252. The maximum Gasteiger partial charge on any atom is 0.339 e. The molecule has 6 nitrogen and oxygen atoms in total. The number of hydrogen-bond donors (Lipinski definition) is 2. The van der Waals surface area contributed by atoms with E-state index >= 15 is 0 Å². The summed E-state index contributed by atoms with van der Waals surface area (Å²) in [6.07, 6.45) is 1.54. The van der Waals surface area contributed by atoms with E-state index in [1.54, 1.807) is 30.5 Å². The molecule has 0 unspecified atom stereocenters. The standard InChI is InChI=1S/C25H26ClN3O3/c1-4-31-24-14-19(15-27-29-25(30)28-22-10-8-21(26)9-11-22)7-12-23(24)32-16-20-13-17(2)5-6-18(20)3/h5-15H,4,16H2,1-3H3,(H2,28,29,30)/b27-15-. The number of urea groups is 1. The quantitative estimate of drug-likeness (QED) is 0.321. The first-order valence-corrected chi connectivity index (χ1v) is 10.6. The second-order valence-corrected chi connectivity index (χ2v) is 7.63. The molecular weight excluding hydrogens is 426 g/mol. The molecule has 2 N–H and O–H groups in total. The predicted octanol–water partition coefficient (Wildman–Crippen LogP) is 6.09. The van der Waals surface area contributed by atoms with Gasteiger partial charge in [-0.1, -0.05) is 35.4 Å². The third kappa shape index (κ3) is 6.75. The van der Waals surface area contributed by atoms with Crippen molar-refractivity contribution in [3.05, 3.63) is 87.9 Å². The highest BCUT2D eigenvalue weighted by Crippen LogP contribution is 2.29. The molecule has 0 saturated heterocycles. The number of rotatable bonds is 8. The molecule has 166 valence electrons. The SMILES string of the molecule is CCOc1cc(/C=N\NC(=O)Nc2ccc(Cl)cc2)ccc1OCc1cc(C)ccc1C. The van der Waals surface area contributed by atoms with Gasteiger partial charge in [0.2, 0.25) is 0 Å². The number of ether oxygens (including phenoxy) is 2. The number of nitrogens with one attached hydrogen (secondary N) is 2. The molecule has 0 bridgehead atoms. The summed E-state index contributed by atoms with van der Waals surface area (Å²) in [4.78, 5) is 12.0. The Morgan fingerprint density at radius 1 is 1.00 bits per heavy atom. The van der Waals surface area contributed by atoms with Crippen LogP contribution in [0.3, 0.4) is 0 Å². The van der Waals surface area contributed by atoms with Gasteiger partial charge >= 0.3 is 6.03 Å². The molecule has 0 fully saturated rings. The summed E-state index contributed by atoms with van der Waals surface area (Å²) < 4.78 is 11.8. The van der Waals surface area contributed by atoms with Crippen LogP contribution in [0.4, 0.5) is 10.5 Å². The average Bonchev–Trinajstić information content (AvgIpc) is 2.77. The van der Waals surface area contributed by atoms with Gasteiger partial charge in [0, 0.05) is 10.7 Å². The van der Waals surface area contributed by atoms with Crippen LogP contribution in [0, 0.1) is 13.8 Å². The van der Waals surface area contributed by atoms with Gasteiger partial charge in [-0.05, 0) is 79.9 Å². The lowest BCUT2D eigenvalue weighted by Gasteiger charge is -2.14. The molecule has 2 amide bonds. The Hall–Kier alpha value is -3.51. The van der Waals surface area contributed by atoms with Crippen LogP contribution >= 0.6 is 11.6 Å². The molecule has 0 aromatic heterocycles. The van der Waals surface area contributed by atoms with Gasteiger partial charge in [-0.25, -0.2) is 10.2 Å². The number of carbonyl (C=O) groups is 1. The molecule has 0 radical (unpaired) electrons. The minimum atomic E-state index is -0.456. The molecule has 0 spiro atoms. The molecule has 32 heavy (non-hydrogen) atoms. The lowest BCUT2D eigenvalue weighted by Crippen LogP contribution is -2.24. The van der Waals surface area contributed by atoms with E-state index in [1.807, 2.05) is 25.1 Å². The summed E-state index contributed by atoms with van der Waals surface area (Å²) in [7, 11) is 0. The van der Waals surface area contributed by atoms with Crippen LogP contribution in [0.1, 0.15) is 29.2 Å². The van der Waals surface area contributed by atoms with Crippen molar-refractivity contribution < 1.29 is 14.3 Å². The van der Waals surface area contributed by atoms with Crippen molar-refractivity contribution in [2.45, 2.75) is 27.4 Å². The van der Waals surface area contributed by atoms with Crippen molar-refractivity contribution in [2.75, 3.05) is 11.9 Å². The highest BCUT2D eigenvalue weighted by atomic mass is 35.5. The first-order chi connectivity index (χ1) is 15.4. The van der Waals surface area contributed by atoms with Gasteiger partial charge in [-0.2, -0.15) is 5.10 Å². The number of amides is 2. The van der Waals surface area contributed by atoms with Crippen LogP contribution < -0.4 is 20.2 Å². The fourth-order valence-electron chi connectivity index (χ4n) is 2.96. The van der Waals surface area contributed by atoms with E-state index in [2.05, 4.69) is 47.9 Å².